The molecular formula is C2H6P28S. The van der Waals surface area contributed by atoms with E-state index >= 15 is 0 Å². The van der Waals surface area contributed by atoms with Gasteiger partial charge in [-0.25, -0.2) is 0 Å². The summed E-state index contributed by atoms with van der Waals surface area (Å²) in [5.41, 5.74) is 0. The molecule has 0 saturated heterocycles. The van der Waals surface area contributed by atoms with Crippen LogP contribution in [0.15, 0.2) is 0 Å². The Hall–Kier alpha value is 8.75. The molecule has 0 aromatic heterocycles. The molecule has 0 aliphatic heterocycles. The molecule has 160 valence electrons. The van der Waals surface area contributed by atoms with Gasteiger partial charge in [-0.05, 0) is 60.4 Å². The second-order valence-electron chi connectivity index (χ2n) is 2.96. The number of rotatable bonds is 13. The molecule has 0 unspecified atom stereocenters. The minimum Gasteiger partial charge on any atom is -0.0835 e. The van der Waals surface area contributed by atoms with E-state index in [1.165, 1.54) is 35.5 Å². The molecule has 0 aliphatic rings. The molecule has 0 bridgehead atoms. The van der Waals surface area contributed by atoms with Crippen LogP contribution in [0.5, 0.6) is 0 Å². The first-order chi connectivity index (χ1) is 15.3. The zero-order valence-electron chi connectivity index (χ0n) is 14.7. The molecule has 0 amide bonds. The quantitative estimate of drug-likeness (QED) is 0.162. The Balaban J connectivity index is 4.01. The van der Waals surface area contributed by atoms with Crippen molar-refractivity contribution in [2.45, 2.75) is 6.92 Å². The van der Waals surface area contributed by atoms with Crippen LogP contribution in [0, 0.1) is 0 Å². The van der Waals surface area contributed by atoms with E-state index in [1.807, 2.05) is 0 Å². The number of hydrogen-bond donors (Lipinski definition) is 0. The van der Waals surface area contributed by atoms with Crippen molar-refractivity contribution in [2.75, 3.05) is 5.75 Å². The molecule has 0 aromatic rings. The molecule has 0 aliphatic carbocycles. The van der Waals surface area contributed by atoms with Gasteiger partial charge in [-0.3, -0.25) is 0 Å². The molecule has 0 N–H and O–H groups in total. The van der Waals surface area contributed by atoms with E-state index in [1.54, 1.807) is 166 Å². The van der Waals surface area contributed by atoms with Crippen LogP contribution in [0.2, 0.25) is 0 Å². The van der Waals surface area contributed by atoms with Crippen LogP contribution >= 0.6 is 212 Å². The molecule has 0 atom stereocenters. The zero-order valence-corrected chi connectivity index (χ0v) is 40.7. The molecule has 0 heterocycles. The zero-order chi connectivity index (χ0) is 22.7. The average Bonchev–Trinajstić information content (AvgIpc) is 2.78. The van der Waals surface area contributed by atoms with E-state index in [9.17, 15) is 0 Å². The van der Waals surface area contributed by atoms with Crippen LogP contribution in [-0.4, -0.2) is 5.75 Å². The predicted octanol–water partition coefficient (Wildman–Crippen LogP) is 24.4. The van der Waals surface area contributed by atoms with Crippen molar-refractivity contribution < 1.29 is 0 Å². The summed E-state index contributed by atoms with van der Waals surface area (Å²) >= 11 is 0. The Morgan fingerprint density at radius 2 is 0.677 bits per heavy atom. The van der Waals surface area contributed by atoms with Crippen LogP contribution in [0.25, 0.3) is 0 Å². The Bertz CT molecular complexity index is 965. The van der Waals surface area contributed by atoms with Crippen molar-refractivity contribution in [3.63, 3.8) is 0 Å². The van der Waals surface area contributed by atoms with Gasteiger partial charge in [0.15, 0.2) is 0 Å². The average molecular weight is 929 g/mol. The van der Waals surface area contributed by atoms with Gasteiger partial charge in [-0.15, -0.1) is 0 Å². The fourth-order valence-corrected chi connectivity index (χ4v) is 112. The first kappa shape index (κ1) is 39.8. The second kappa shape index (κ2) is 36.8. The van der Waals surface area contributed by atoms with E-state index in [4.69, 9.17) is 0 Å². The van der Waals surface area contributed by atoms with E-state index in [0.29, 0.717) is 9.05 Å². The van der Waals surface area contributed by atoms with E-state index in [0.717, 1.165) is 0 Å². The summed E-state index contributed by atoms with van der Waals surface area (Å²) in [4.78, 5) is 0. The minimum atomic E-state index is 0.328. The molecule has 29 heteroatoms. The van der Waals surface area contributed by atoms with E-state index < -0.39 is 0 Å². The molecule has 0 saturated carbocycles. The van der Waals surface area contributed by atoms with Gasteiger partial charge < -0.3 is 0 Å². The van der Waals surface area contributed by atoms with Gasteiger partial charge in [-0.1, -0.05) is 8.53 Å². The molecule has 0 fully saturated rings. The third-order valence-electron chi connectivity index (χ3n) is 1.35. The predicted molar refractivity (Wildman–Crippen MR) is 213 cm³/mol. The first-order valence-electron chi connectivity index (χ1n) is 6.58. The van der Waals surface area contributed by atoms with Crippen LogP contribution < -0.4 is 0 Å². The Morgan fingerprint density at radius 3 is 0.903 bits per heavy atom. The monoisotopic (exact) mass is 929 g/mol. The summed E-state index contributed by atoms with van der Waals surface area (Å²) in [7, 11) is 49.2. The van der Waals surface area contributed by atoms with Crippen LogP contribution in [0.3, 0.4) is 0 Å². The summed E-state index contributed by atoms with van der Waals surface area (Å²) in [6, 6.07) is 0. The molecule has 0 radical (unpaired) electrons. The van der Waals surface area contributed by atoms with Crippen molar-refractivity contribution >= 4 is 221 Å². The Kier molecular flexibility index (Phi) is 47.2. The smallest absolute Gasteiger partial charge is 0.0835 e. The summed E-state index contributed by atoms with van der Waals surface area (Å²) in [6.07, 6.45) is 0. The maximum atomic E-state index is 4.57. The van der Waals surface area contributed by atoms with Crippen LogP contribution in [0.1, 0.15) is 6.92 Å². The third kappa shape index (κ3) is 36.7. The second-order valence-corrected chi connectivity index (χ2v) is 68.3. The maximum absolute atomic E-state index is 4.57. The molecule has 0 spiro atoms. The molecule has 31 heavy (non-hydrogen) atoms. The van der Waals surface area contributed by atoms with Gasteiger partial charge in [-0.2, -0.15) is 0 Å². The summed E-state index contributed by atoms with van der Waals surface area (Å²) < 4.78 is 0. The van der Waals surface area contributed by atoms with E-state index in [2.05, 4.69) is 23.3 Å². The van der Waals surface area contributed by atoms with E-state index in [-0.39, 0.29) is 0 Å². The van der Waals surface area contributed by atoms with Crippen LogP contribution in [-0.2, 0) is 9.05 Å². The summed E-state index contributed by atoms with van der Waals surface area (Å²) in [6.45, 7) is 2.23. The summed E-state index contributed by atoms with van der Waals surface area (Å²) in [5, 5.41) is 0. The number of hydrogen-bond acceptors (Lipinski definition) is 0. The van der Waals surface area contributed by atoms with Crippen LogP contribution in [0.4, 0.5) is 0 Å². The standard InChI is InChI=1S/C2H6P28S/c1-2-31(4)30-29-28-27-26-25-24-23-22-21-20-19-18-17-16-15-14-13-12-11-10-9-8-7-6-5-3/h3H,2H2,1H3. The van der Waals surface area contributed by atoms with Gasteiger partial charge in [0.1, 0.15) is 0 Å². The van der Waals surface area contributed by atoms with Gasteiger partial charge >= 0.3 is 112 Å². The first-order valence-corrected chi connectivity index (χ1v) is 51.9. The molecular weight excluding hydrogens is 923 g/mol. The fourth-order valence-electron chi connectivity index (χ4n) is 0.530. The molecule has 0 nitrogen and oxygen atoms in total. The van der Waals surface area contributed by atoms with Gasteiger partial charge in [0.05, 0.1) is 0 Å². The van der Waals surface area contributed by atoms with Gasteiger partial charge in [0, 0.05) is 52.9 Å². The SMILES string of the molecule is CCS(#P)=PP=PP=PP=PP=PP=PP=PP=PP=PP=PP=PP=PP=PP=P. The minimum absolute atomic E-state index is 0.328. The van der Waals surface area contributed by atoms with Gasteiger partial charge in [0.2, 0.25) is 0 Å². The Labute approximate surface area is 231 Å². The topological polar surface area (TPSA) is 0 Å². The van der Waals surface area contributed by atoms with Crippen molar-refractivity contribution in [2.24, 2.45) is 0 Å². The van der Waals surface area contributed by atoms with Gasteiger partial charge in [0.25, 0.3) is 0 Å². The van der Waals surface area contributed by atoms with Crippen molar-refractivity contribution in [1.82, 2.24) is 0 Å². The van der Waals surface area contributed by atoms with Crippen molar-refractivity contribution in [3.8, 4) is 0 Å². The van der Waals surface area contributed by atoms with Crippen molar-refractivity contribution in [3.05, 3.63) is 0 Å². The molecule has 0 rings (SSSR count). The Morgan fingerprint density at radius 1 is 0.452 bits per heavy atom. The summed E-state index contributed by atoms with van der Waals surface area (Å²) in [5.74, 6) is 1.21. The third-order valence-corrected chi connectivity index (χ3v) is 87.9. The fraction of sp³-hybridized carbons (Fsp3) is 1.00. The molecule has 0 aromatic carbocycles. The normalized spacial score (nSPS) is 15.2. The van der Waals surface area contributed by atoms with Crippen molar-refractivity contribution in [1.29, 1.82) is 0 Å².